The quantitative estimate of drug-likeness (QED) is 0.284. The lowest BCUT2D eigenvalue weighted by Gasteiger charge is -2.09. The standard InChI is InChI=1S/C8H12Cl3N2O3S.CHF3O3S/c1-3-7-12(2)4-5-13(7)17(14,15)16-6-8(9,10)11;2-1(3,4)8(5,6)7/h4-5H,3,6H2,1-2H3;(H,5,6,7)/q+1;/p-1. The van der Waals surface area contributed by atoms with Crippen molar-refractivity contribution in [3.63, 3.8) is 0 Å². The monoisotopic (exact) mass is 470 g/mol. The Morgan fingerprint density at radius 2 is 1.68 bits per heavy atom. The molecule has 0 saturated carbocycles. The van der Waals surface area contributed by atoms with Crippen molar-refractivity contribution in [1.29, 1.82) is 0 Å². The second-order valence-electron chi connectivity index (χ2n) is 4.21. The largest absolute Gasteiger partial charge is 0.741 e. The van der Waals surface area contributed by atoms with E-state index in [4.69, 9.17) is 47.8 Å². The van der Waals surface area contributed by atoms with Gasteiger partial charge in [0.25, 0.3) is 5.82 Å². The number of alkyl halides is 6. The maximum Gasteiger partial charge on any atom is 0.485 e. The maximum absolute atomic E-state index is 11.8. The Bertz CT molecular complexity index is 786. The molecule has 8 nitrogen and oxygen atoms in total. The van der Waals surface area contributed by atoms with E-state index in [0.29, 0.717) is 12.2 Å². The average Bonchev–Trinajstić information content (AvgIpc) is 2.76. The van der Waals surface area contributed by atoms with Crippen LogP contribution in [0.5, 0.6) is 0 Å². The number of hydrogen-bond acceptors (Lipinski definition) is 6. The molecule has 0 aliphatic rings. The second-order valence-corrected chi connectivity index (χ2v) is 9.58. The van der Waals surface area contributed by atoms with Gasteiger partial charge >= 0.3 is 15.8 Å². The summed E-state index contributed by atoms with van der Waals surface area (Å²) in [5.41, 5.74) is -5.65. The summed E-state index contributed by atoms with van der Waals surface area (Å²) >= 11 is 16.3. The Morgan fingerprint density at radius 1 is 1.24 bits per heavy atom. The van der Waals surface area contributed by atoms with E-state index in [-0.39, 0.29) is 0 Å². The molecule has 1 aromatic rings. The zero-order chi connectivity index (χ0) is 20.3. The molecule has 1 rings (SSSR count). The zero-order valence-corrected chi connectivity index (χ0v) is 16.4. The first kappa shape index (κ1) is 24.7. The van der Waals surface area contributed by atoms with Crippen molar-refractivity contribution in [1.82, 2.24) is 3.97 Å². The number of hydrogen-bond donors (Lipinski definition) is 0. The average molecular weight is 472 g/mol. The van der Waals surface area contributed by atoms with E-state index in [1.807, 2.05) is 6.92 Å². The molecule has 0 fully saturated rings. The molecule has 0 radical (unpaired) electrons. The molecular formula is C9H12Cl3F3N2O6S2. The van der Waals surface area contributed by atoms with Crippen molar-refractivity contribution in [3.05, 3.63) is 18.2 Å². The van der Waals surface area contributed by atoms with Crippen molar-refractivity contribution in [2.24, 2.45) is 7.05 Å². The van der Waals surface area contributed by atoms with Crippen LogP contribution in [0.4, 0.5) is 13.2 Å². The third-order valence-electron chi connectivity index (χ3n) is 2.30. The van der Waals surface area contributed by atoms with Gasteiger partial charge in [-0.05, 0) is 0 Å². The van der Waals surface area contributed by atoms with Gasteiger partial charge in [-0.15, -0.1) is 0 Å². The molecule has 0 N–H and O–H groups in total. The van der Waals surface area contributed by atoms with Gasteiger partial charge in [0.2, 0.25) is 3.79 Å². The highest BCUT2D eigenvalue weighted by atomic mass is 35.6. The molecule has 148 valence electrons. The molecule has 1 heterocycles. The Kier molecular flexibility index (Phi) is 8.48. The lowest BCUT2D eigenvalue weighted by molar-refractivity contribution is -0.678. The fourth-order valence-electron chi connectivity index (χ4n) is 1.29. The first-order valence-corrected chi connectivity index (χ1v) is 9.87. The Balaban J connectivity index is 0.000000609. The van der Waals surface area contributed by atoms with Crippen molar-refractivity contribution in [3.8, 4) is 0 Å². The summed E-state index contributed by atoms with van der Waals surface area (Å²) in [5.74, 6) is 0.564. The topological polar surface area (TPSA) is 109 Å². The van der Waals surface area contributed by atoms with Gasteiger partial charge in [0.15, 0.2) is 10.1 Å². The van der Waals surface area contributed by atoms with Gasteiger partial charge in [-0.2, -0.15) is 21.6 Å². The first-order chi connectivity index (χ1) is 10.9. The lowest BCUT2D eigenvalue weighted by atomic mass is 10.5. The van der Waals surface area contributed by atoms with E-state index in [1.165, 1.54) is 6.20 Å². The van der Waals surface area contributed by atoms with Crippen molar-refractivity contribution >= 4 is 55.2 Å². The number of aryl methyl sites for hydroxylation is 1. The van der Waals surface area contributed by atoms with E-state index >= 15 is 0 Å². The van der Waals surface area contributed by atoms with Crippen molar-refractivity contribution in [2.45, 2.75) is 22.6 Å². The third kappa shape index (κ3) is 8.28. The van der Waals surface area contributed by atoms with Crippen LogP contribution in [0.3, 0.4) is 0 Å². The fourth-order valence-corrected chi connectivity index (χ4v) is 2.81. The smallest absolute Gasteiger partial charge is 0.485 e. The highest BCUT2D eigenvalue weighted by molar-refractivity contribution is 7.86. The number of halogens is 6. The molecule has 0 amide bonds. The highest BCUT2D eigenvalue weighted by Crippen LogP contribution is 2.27. The zero-order valence-electron chi connectivity index (χ0n) is 12.5. The van der Waals surface area contributed by atoms with Crippen LogP contribution >= 0.6 is 34.8 Å². The van der Waals surface area contributed by atoms with Crippen LogP contribution in [0.1, 0.15) is 12.7 Å². The van der Waals surface area contributed by atoms with Gasteiger partial charge in [-0.25, -0.2) is 17.2 Å². The van der Waals surface area contributed by atoms with Gasteiger partial charge < -0.3 is 4.55 Å². The van der Waals surface area contributed by atoms with Crippen LogP contribution in [-0.4, -0.2) is 41.3 Å². The van der Waals surface area contributed by atoms with Crippen LogP contribution in [0.25, 0.3) is 0 Å². The number of rotatable bonds is 4. The minimum atomic E-state index is -6.09. The first-order valence-electron chi connectivity index (χ1n) is 5.97. The van der Waals surface area contributed by atoms with E-state index in [1.54, 1.807) is 17.8 Å². The minimum absolute atomic E-state index is 0.528. The van der Waals surface area contributed by atoms with Crippen molar-refractivity contribution in [2.75, 3.05) is 6.61 Å². The summed E-state index contributed by atoms with van der Waals surface area (Å²) in [6.07, 6.45) is 3.52. The molecule has 0 aliphatic heterocycles. The van der Waals surface area contributed by atoms with E-state index in [2.05, 4.69) is 4.18 Å². The predicted molar refractivity (Wildman–Crippen MR) is 81.3 cm³/mol. The molecule has 1 aromatic heterocycles. The lowest BCUT2D eigenvalue weighted by Crippen LogP contribution is -2.34. The molecule has 0 spiro atoms. The van der Waals surface area contributed by atoms with Crippen molar-refractivity contribution < 1.29 is 43.3 Å². The van der Waals surface area contributed by atoms with E-state index in [0.717, 1.165) is 3.97 Å². The van der Waals surface area contributed by atoms with E-state index in [9.17, 15) is 21.6 Å². The number of nitrogens with zero attached hydrogens (tertiary/aromatic N) is 2. The van der Waals surface area contributed by atoms with Crippen LogP contribution in [0.15, 0.2) is 12.4 Å². The summed E-state index contributed by atoms with van der Waals surface area (Å²) in [5, 5.41) is 0. The summed E-state index contributed by atoms with van der Waals surface area (Å²) in [6, 6.07) is 0. The molecule has 0 atom stereocenters. The van der Waals surface area contributed by atoms with Crippen LogP contribution in [0.2, 0.25) is 0 Å². The van der Waals surface area contributed by atoms with Gasteiger partial charge in [0.05, 0.1) is 7.05 Å². The number of aromatic nitrogens is 2. The minimum Gasteiger partial charge on any atom is -0.741 e. The molecule has 0 aliphatic carbocycles. The van der Waals surface area contributed by atoms with Gasteiger partial charge in [-0.3, -0.25) is 0 Å². The summed E-state index contributed by atoms with van der Waals surface area (Å²) in [4.78, 5) is 0. The van der Waals surface area contributed by atoms with Gasteiger partial charge in [-0.1, -0.05) is 45.7 Å². The Labute approximate surface area is 157 Å². The summed E-state index contributed by atoms with van der Waals surface area (Å²) in [7, 11) is -8.33. The molecule has 0 bridgehead atoms. The van der Waals surface area contributed by atoms with Crippen LogP contribution < -0.4 is 4.57 Å². The van der Waals surface area contributed by atoms with Gasteiger partial charge in [0.1, 0.15) is 19.0 Å². The normalized spacial score (nSPS) is 13.3. The third-order valence-corrected chi connectivity index (χ3v) is 4.42. The highest BCUT2D eigenvalue weighted by Gasteiger charge is 2.37. The predicted octanol–water partition coefficient (Wildman–Crippen LogP) is 1.41. The Hall–Kier alpha value is -0.310. The van der Waals surface area contributed by atoms with E-state index < -0.39 is 36.3 Å². The van der Waals surface area contributed by atoms with Gasteiger partial charge in [0, 0.05) is 6.42 Å². The summed E-state index contributed by atoms with van der Waals surface area (Å²) < 4.78 is 88.1. The molecule has 0 aromatic carbocycles. The fraction of sp³-hybridized carbons (Fsp3) is 0.667. The molecule has 16 heteroatoms. The van der Waals surface area contributed by atoms with Crippen LogP contribution in [0, 0.1) is 0 Å². The second kappa shape index (κ2) is 8.59. The molecule has 0 unspecified atom stereocenters. The molecular weight excluding hydrogens is 460 g/mol. The summed E-state index contributed by atoms with van der Waals surface area (Å²) in [6.45, 7) is 1.29. The number of imidazole rings is 1. The maximum atomic E-state index is 11.8. The molecule has 25 heavy (non-hydrogen) atoms. The molecule has 0 saturated heterocycles. The Morgan fingerprint density at radius 3 is 2.00 bits per heavy atom. The van der Waals surface area contributed by atoms with Crippen LogP contribution in [-0.2, 0) is 38.1 Å². The SMILES string of the molecule is CCc1n(S(=O)(=O)OCC(Cl)(Cl)Cl)cc[n+]1C.O=S(=O)([O-])C(F)(F)F.